The molecule has 3 rings (SSSR count). The maximum absolute atomic E-state index is 12.8. The molecule has 3 aromatic rings. The lowest BCUT2D eigenvalue weighted by Crippen LogP contribution is -2.27. The van der Waals surface area contributed by atoms with Crippen LogP contribution < -0.4 is 5.32 Å². The molecular weight excluding hydrogens is 284 g/mol. The van der Waals surface area contributed by atoms with Crippen LogP contribution in [0.2, 0.25) is 0 Å². The highest BCUT2D eigenvalue weighted by Gasteiger charge is 2.15. The monoisotopic (exact) mass is 304 g/mol. The van der Waals surface area contributed by atoms with Crippen molar-refractivity contribution in [2.75, 3.05) is 0 Å². The Bertz CT molecular complexity index is 856. The smallest absolute Gasteiger partial charge is 0.252 e. The Kier molecular flexibility index (Phi) is 4.11. The van der Waals surface area contributed by atoms with E-state index in [9.17, 15) is 4.79 Å². The molecule has 0 aliphatic rings. The summed E-state index contributed by atoms with van der Waals surface area (Å²) in [6.45, 7) is 5.93. The standard InChI is InChI=1S/C20H20N2O/c1-13-9-10-19-17(11-13)18(12-14(2)21-19)20(23)22-15(3)16-7-5-4-6-8-16/h4-12,15H,1-3H3,(H,22,23)/t15-/m1/s1. The fraction of sp³-hybridized carbons (Fsp3) is 0.200. The van der Waals surface area contributed by atoms with Crippen LogP contribution in [0.1, 0.15) is 40.1 Å². The van der Waals surface area contributed by atoms with Crippen molar-refractivity contribution in [2.24, 2.45) is 0 Å². The lowest BCUT2D eigenvalue weighted by molar-refractivity contribution is 0.0941. The normalized spacial score (nSPS) is 12.1. The van der Waals surface area contributed by atoms with E-state index in [-0.39, 0.29) is 11.9 Å². The molecule has 0 radical (unpaired) electrons. The highest BCUT2D eigenvalue weighted by atomic mass is 16.1. The Hall–Kier alpha value is -2.68. The van der Waals surface area contributed by atoms with Crippen molar-refractivity contribution in [3.63, 3.8) is 0 Å². The molecule has 1 amide bonds. The number of aromatic nitrogens is 1. The molecule has 0 spiro atoms. The van der Waals surface area contributed by atoms with Gasteiger partial charge < -0.3 is 5.32 Å². The molecule has 3 nitrogen and oxygen atoms in total. The molecule has 0 saturated carbocycles. The third-order valence-corrected chi connectivity index (χ3v) is 3.98. The van der Waals surface area contributed by atoms with Crippen LogP contribution in [0.5, 0.6) is 0 Å². The predicted molar refractivity (Wildman–Crippen MR) is 93.5 cm³/mol. The van der Waals surface area contributed by atoms with Gasteiger partial charge in [-0.15, -0.1) is 0 Å². The van der Waals surface area contributed by atoms with Crippen molar-refractivity contribution in [2.45, 2.75) is 26.8 Å². The largest absolute Gasteiger partial charge is 0.345 e. The first-order valence-corrected chi connectivity index (χ1v) is 7.78. The minimum absolute atomic E-state index is 0.0444. The highest BCUT2D eigenvalue weighted by molar-refractivity contribution is 6.06. The molecule has 1 heterocycles. The average Bonchev–Trinajstić information content (AvgIpc) is 2.55. The van der Waals surface area contributed by atoms with Gasteiger partial charge >= 0.3 is 0 Å². The number of hydrogen-bond acceptors (Lipinski definition) is 2. The molecule has 0 fully saturated rings. The number of aryl methyl sites for hydroxylation is 2. The van der Waals surface area contributed by atoms with E-state index >= 15 is 0 Å². The molecule has 2 aromatic carbocycles. The van der Waals surface area contributed by atoms with Crippen molar-refractivity contribution in [3.8, 4) is 0 Å². The summed E-state index contributed by atoms with van der Waals surface area (Å²) in [6, 6.07) is 17.8. The number of hydrogen-bond donors (Lipinski definition) is 1. The van der Waals surface area contributed by atoms with E-state index in [4.69, 9.17) is 0 Å². The minimum atomic E-state index is -0.0672. The third-order valence-electron chi connectivity index (χ3n) is 3.98. The first kappa shape index (κ1) is 15.2. The fourth-order valence-corrected chi connectivity index (χ4v) is 2.76. The summed E-state index contributed by atoms with van der Waals surface area (Å²) in [6.07, 6.45) is 0. The summed E-state index contributed by atoms with van der Waals surface area (Å²) in [5.41, 5.74) is 4.59. The summed E-state index contributed by atoms with van der Waals surface area (Å²) in [5.74, 6) is -0.0672. The first-order valence-electron chi connectivity index (χ1n) is 7.78. The Morgan fingerprint density at radius 3 is 2.52 bits per heavy atom. The van der Waals surface area contributed by atoms with Crippen molar-refractivity contribution in [3.05, 3.63) is 77.0 Å². The molecule has 23 heavy (non-hydrogen) atoms. The lowest BCUT2D eigenvalue weighted by atomic mass is 10.0. The summed E-state index contributed by atoms with van der Waals surface area (Å²) < 4.78 is 0. The van der Waals surface area contributed by atoms with Gasteiger partial charge in [0.15, 0.2) is 0 Å². The Morgan fingerprint density at radius 1 is 1.04 bits per heavy atom. The van der Waals surface area contributed by atoms with Gasteiger partial charge in [0.2, 0.25) is 0 Å². The predicted octanol–water partition coefficient (Wildman–Crippen LogP) is 4.34. The molecule has 116 valence electrons. The molecule has 1 aromatic heterocycles. The van der Waals surface area contributed by atoms with Crippen LogP contribution in [0, 0.1) is 13.8 Å². The average molecular weight is 304 g/mol. The third kappa shape index (κ3) is 3.24. The number of nitrogens with zero attached hydrogens (tertiary/aromatic N) is 1. The van der Waals surface area contributed by atoms with Gasteiger partial charge in [0.25, 0.3) is 5.91 Å². The molecule has 0 saturated heterocycles. The molecule has 0 unspecified atom stereocenters. The van der Waals surface area contributed by atoms with E-state index < -0.39 is 0 Å². The van der Waals surface area contributed by atoms with Crippen LogP contribution in [0.15, 0.2) is 54.6 Å². The second-order valence-corrected chi connectivity index (χ2v) is 5.94. The van der Waals surface area contributed by atoms with Gasteiger partial charge in [0.1, 0.15) is 0 Å². The van der Waals surface area contributed by atoms with Crippen LogP contribution >= 0.6 is 0 Å². The zero-order valence-corrected chi connectivity index (χ0v) is 13.6. The second kappa shape index (κ2) is 6.21. The molecular formula is C20H20N2O. The van der Waals surface area contributed by atoms with Crippen LogP contribution in [-0.2, 0) is 0 Å². The molecule has 0 bridgehead atoms. The van der Waals surface area contributed by atoms with E-state index in [0.29, 0.717) is 5.56 Å². The van der Waals surface area contributed by atoms with Gasteiger partial charge in [-0.2, -0.15) is 0 Å². The van der Waals surface area contributed by atoms with Gasteiger partial charge in [0, 0.05) is 11.1 Å². The van der Waals surface area contributed by atoms with Crippen LogP contribution in [-0.4, -0.2) is 10.9 Å². The van der Waals surface area contributed by atoms with E-state index in [1.165, 1.54) is 0 Å². The van der Waals surface area contributed by atoms with Gasteiger partial charge in [-0.05, 0) is 44.5 Å². The number of benzene rings is 2. The van der Waals surface area contributed by atoms with Gasteiger partial charge in [0.05, 0.1) is 17.1 Å². The molecule has 3 heteroatoms. The van der Waals surface area contributed by atoms with Crippen molar-refractivity contribution in [1.29, 1.82) is 0 Å². The van der Waals surface area contributed by atoms with E-state index in [2.05, 4.69) is 10.3 Å². The number of rotatable bonds is 3. The van der Waals surface area contributed by atoms with Crippen LogP contribution in [0.3, 0.4) is 0 Å². The Labute approximate surface area is 136 Å². The summed E-state index contributed by atoms with van der Waals surface area (Å²) in [4.78, 5) is 17.3. The highest BCUT2D eigenvalue weighted by Crippen LogP contribution is 2.21. The zero-order valence-electron chi connectivity index (χ0n) is 13.6. The molecule has 0 aliphatic heterocycles. The molecule has 1 atom stereocenters. The van der Waals surface area contributed by atoms with E-state index in [0.717, 1.165) is 27.7 Å². The van der Waals surface area contributed by atoms with E-state index in [1.54, 1.807) is 0 Å². The van der Waals surface area contributed by atoms with Gasteiger partial charge in [-0.1, -0.05) is 42.0 Å². The number of amides is 1. The topological polar surface area (TPSA) is 42.0 Å². The number of carbonyl (C=O) groups is 1. The number of pyridine rings is 1. The Balaban J connectivity index is 1.96. The van der Waals surface area contributed by atoms with Crippen molar-refractivity contribution >= 4 is 16.8 Å². The first-order chi connectivity index (χ1) is 11.0. The molecule has 0 aliphatic carbocycles. The van der Waals surface area contributed by atoms with Crippen LogP contribution in [0.25, 0.3) is 10.9 Å². The number of nitrogens with one attached hydrogen (secondary N) is 1. The van der Waals surface area contributed by atoms with Crippen LogP contribution in [0.4, 0.5) is 0 Å². The number of carbonyl (C=O) groups excluding carboxylic acids is 1. The fourth-order valence-electron chi connectivity index (χ4n) is 2.76. The second-order valence-electron chi connectivity index (χ2n) is 5.94. The van der Waals surface area contributed by atoms with E-state index in [1.807, 2.05) is 75.4 Å². The quantitative estimate of drug-likeness (QED) is 0.782. The van der Waals surface area contributed by atoms with Gasteiger partial charge in [-0.25, -0.2) is 0 Å². The summed E-state index contributed by atoms with van der Waals surface area (Å²) >= 11 is 0. The van der Waals surface area contributed by atoms with Gasteiger partial charge in [-0.3, -0.25) is 9.78 Å². The Morgan fingerprint density at radius 2 is 1.78 bits per heavy atom. The maximum Gasteiger partial charge on any atom is 0.252 e. The molecule has 1 N–H and O–H groups in total. The maximum atomic E-state index is 12.8. The number of fused-ring (bicyclic) bond motifs is 1. The zero-order chi connectivity index (χ0) is 16.4. The SMILES string of the molecule is Cc1ccc2nc(C)cc(C(=O)N[C@H](C)c3ccccc3)c2c1. The van der Waals surface area contributed by atoms with Crippen molar-refractivity contribution in [1.82, 2.24) is 10.3 Å². The van der Waals surface area contributed by atoms with Crippen molar-refractivity contribution < 1.29 is 4.79 Å². The summed E-state index contributed by atoms with van der Waals surface area (Å²) in [7, 11) is 0. The minimum Gasteiger partial charge on any atom is -0.345 e. The summed E-state index contributed by atoms with van der Waals surface area (Å²) in [5, 5.41) is 3.98. The lowest BCUT2D eigenvalue weighted by Gasteiger charge is -2.15.